The number of likely N-dealkylation sites (N-methyl/N-ethyl adjacent to an activating group) is 1. The zero-order chi connectivity index (χ0) is 89.8. The Labute approximate surface area is 719 Å². The van der Waals surface area contributed by atoms with Crippen molar-refractivity contribution in [1.29, 1.82) is 0 Å². The van der Waals surface area contributed by atoms with Crippen molar-refractivity contribution in [2.75, 3.05) is 32.6 Å². The Morgan fingerprint density at radius 3 is 2.01 bits per heavy atom. The average molecular weight is 1790 g/mol. The molecule has 0 aliphatic carbocycles. The SMILES string of the molecule is CNC(CC(C)C)C(=O)NC1C(=O)NC(CC(N)=O)C(=O)NC2C(=O)NC3C(=O)NC(C(=O)NC(C(=O)NOC)c4cc(O)cc(O)c4-c4cc3ccc4O)C(O)c3ccc(c(Cl)c3)Oc3cc2cc(c3OC2OC(CO)C(O)C(O)C2OC2CC(C)(NCCn3ccc(NC(=O)Cc4ccc(Cl)c(F)c4)nc3=O)C(O)C(C)O2)Oc2ccc(cc2Cl)C1O. The number of aliphatic hydroxyl groups is 6. The van der Waals surface area contributed by atoms with Crippen molar-refractivity contribution in [3.8, 4) is 57.1 Å². The van der Waals surface area contributed by atoms with Gasteiger partial charge in [0.25, 0.3) is 5.91 Å². The maximum atomic E-state index is 16.3. The first-order valence-corrected chi connectivity index (χ1v) is 39.8. The molecule has 1 aromatic heterocycles. The predicted molar refractivity (Wildman–Crippen MR) is 433 cm³/mol. The van der Waals surface area contributed by atoms with Crippen LogP contribution in [0.25, 0.3) is 11.1 Å². The van der Waals surface area contributed by atoms with Crippen molar-refractivity contribution in [1.82, 2.24) is 57.6 Å². The maximum Gasteiger partial charge on any atom is 0.349 e. The number of primary amides is 1. The second kappa shape index (κ2) is 38.8. The highest BCUT2D eigenvalue weighted by Crippen LogP contribution is 2.50. The molecule has 11 bridgehead atoms. The molecule has 43 heteroatoms. The first-order chi connectivity index (χ1) is 58.8. The summed E-state index contributed by atoms with van der Waals surface area (Å²) in [5, 5.41) is 129. The quantitative estimate of drug-likeness (QED) is 0.0454. The van der Waals surface area contributed by atoms with Crippen LogP contribution in [0.1, 0.15) is 111 Å². The van der Waals surface area contributed by atoms with Gasteiger partial charge in [0.15, 0.2) is 23.9 Å². The number of nitrogens with two attached hydrogens (primary N) is 1. The second-order valence-corrected chi connectivity index (χ2v) is 31.9. The minimum atomic E-state index is -2.40. The lowest BCUT2D eigenvalue weighted by Gasteiger charge is -2.48. The summed E-state index contributed by atoms with van der Waals surface area (Å²) in [5.41, 5.74) is 3.21. The largest absolute Gasteiger partial charge is 0.508 e. The Morgan fingerprint density at radius 1 is 0.726 bits per heavy atom. The summed E-state index contributed by atoms with van der Waals surface area (Å²) in [6.45, 7) is 5.49. The second-order valence-electron chi connectivity index (χ2n) is 30.6. The summed E-state index contributed by atoms with van der Waals surface area (Å²) < 4.78 is 54.6. The number of phenols is 3. The highest BCUT2D eigenvalue weighted by atomic mass is 35.5. The Bertz CT molecular complexity index is 5350. The molecule has 6 aromatic carbocycles. The fourth-order valence-electron chi connectivity index (χ4n) is 15.0. The number of rotatable bonds is 21. The van der Waals surface area contributed by atoms with Gasteiger partial charge in [-0.05, 0) is 139 Å². The van der Waals surface area contributed by atoms with Gasteiger partial charge in [-0.3, -0.25) is 52.6 Å². The Morgan fingerprint density at radius 2 is 1.38 bits per heavy atom. The molecule has 662 valence electrons. The van der Waals surface area contributed by atoms with Crippen molar-refractivity contribution in [2.24, 2.45) is 11.7 Å². The molecule has 0 saturated carbocycles. The van der Waals surface area contributed by atoms with Gasteiger partial charge in [0.05, 0.1) is 59.9 Å². The third kappa shape index (κ3) is 20.5. The Hall–Kier alpha value is -11.5. The highest BCUT2D eigenvalue weighted by Gasteiger charge is 2.52. The van der Waals surface area contributed by atoms with E-state index in [-0.39, 0.29) is 71.6 Å². The number of hydrogen-bond donors (Lipinski definition) is 20. The number of amides is 9. The van der Waals surface area contributed by atoms with E-state index in [1.54, 1.807) is 6.92 Å². The summed E-state index contributed by atoms with van der Waals surface area (Å²) in [5.74, 6) is -17.0. The van der Waals surface area contributed by atoms with Gasteiger partial charge in [0.2, 0.25) is 59.3 Å². The molecular weight excluding hydrogens is 1700 g/mol. The number of carbonyl (C=O) groups excluding carboxylic acids is 9. The molecular formula is C81H89Cl3FN13O26. The molecule has 0 radical (unpaired) electrons. The van der Waals surface area contributed by atoms with E-state index in [0.717, 1.165) is 79.9 Å². The van der Waals surface area contributed by atoms with E-state index in [4.69, 9.17) is 73.8 Å². The number of aliphatic hydroxyl groups excluding tert-OH is 6. The van der Waals surface area contributed by atoms with E-state index in [0.29, 0.717) is 5.56 Å². The minimum Gasteiger partial charge on any atom is -0.508 e. The number of aromatic hydroxyl groups is 3. The molecule has 21 N–H and O–H groups in total. The van der Waals surface area contributed by atoms with Gasteiger partial charge in [-0.1, -0.05) is 72.9 Å². The fraction of sp³-hybridized carbons (Fsp3) is 0.395. The van der Waals surface area contributed by atoms with E-state index < -0.39 is 259 Å². The van der Waals surface area contributed by atoms with Gasteiger partial charge in [-0.2, -0.15) is 4.98 Å². The molecule has 14 rings (SSSR count). The number of phenolic OH excluding ortho intramolecular Hbond substituents is 3. The Kier molecular flexibility index (Phi) is 28.7. The average Bonchev–Trinajstić information content (AvgIpc) is 0.763. The van der Waals surface area contributed by atoms with Gasteiger partial charge < -0.3 is 128 Å². The number of carbonyl (C=O) groups is 9. The van der Waals surface area contributed by atoms with Gasteiger partial charge in [0.1, 0.15) is 107 Å². The maximum absolute atomic E-state index is 16.3. The van der Waals surface area contributed by atoms with Crippen LogP contribution in [0.15, 0.2) is 114 Å². The van der Waals surface area contributed by atoms with Crippen molar-refractivity contribution in [3.63, 3.8) is 0 Å². The zero-order valence-corrected chi connectivity index (χ0v) is 69.0. The predicted octanol–water partition coefficient (Wildman–Crippen LogP) is 1.56. The Balaban J connectivity index is 0.997. The van der Waals surface area contributed by atoms with E-state index in [1.165, 1.54) is 55.1 Å². The smallest absolute Gasteiger partial charge is 0.349 e. The standard InChI is InChI=1S/C81H89Cl3FN13O26/c1-32(2)19-46(87-5)72(110)95-63-65(105)36-9-13-50(43(83)23-36)120-52-25-38-26-53(69(52)124-79-70(68(108)67(107)54(31-99)122-79)123-58-30-81(4,71(109)33(3)119-58)88-16-18-98-17-15-56(91-80(98)117)90-57(104)21-34-7-11-42(82)45(85)20-34)121-51-14-10-37(24-44(51)84)66(106)64-77(115)94-62(78(116)97-118-6)41-27-39(100)28-49(102)59(41)40-22-35(8-12-48(40)101)60(74(112)96-64)93-75(113)61(38)92-73(111)47(29-55(86)103)89-76(63)114/h7-15,17,20,22-28,32-33,46-47,54,58,60-68,70-71,79,87-88,99-102,105-109H,16,18-19,21,29-31H2,1-6H3,(H2,86,103)(H,89,114)(H,92,111)(H,93,113)(H,94,115)(H,95,110)(H,96,112)(H,97,116)(H,90,91,104,117). The van der Waals surface area contributed by atoms with Crippen LogP contribution < -0.4 is 79.0 Å². The summed E-state index contributed by atoms with van der Waals surface area (Å²) in [4.78, 5) is 155. The van der Waals surface area contributed by atoms with Crippen molar-refractivity contribution in [2.45, 2.75) is 169 Å². The number of fused-ring (bicyclic) bond motifs is 15. The molecule has 8 heterocycles. The van der Waals surface area contributed by atoms with Crippen molar-refractivity contribution < 1.29 is 127 Å². The minimum absolute atomic E-state index is 0.0626. The molecule has 2 saturated heterocycles. The third-order valence-electron chi connectivity index (χ3n) is 21.3. The lowest BCUT2D eigenvalue weighted by Crippen LogP contribution is -2.65. The first-order valence-electron chi connectivity index (χ1n) is 38.7. The number of nitrogens with zero attached hydrogens (tertiary/aromatic N) is 2. The summed E-state index contributed by atoms with van der Waals surface area (Å²) in [6, 6.07) is 4.64. The summed E-state index contributed by atoms with van der Waals surface area (Å²) in [6.07, 6.45) is -18.6. The van der Waals surface area contributed by atoms with E-state index in [9.17, 15) is 74.3 Å². The van der Waals surface area contributed by atoms with E-state index >= 15 is 24.0 Å². The number of benzene rings is 6. The van der Waals surface area contributed by atoms with Crippen molar-refractivity contribution >= 4 is 93.8 Å². The fourth-order valence-corrected chi connectivity index (χ4v) is 15.5. The molecule has 7 aliphatic heterocycles. The van der Waals surface area contributed by atoms with Crippen LogP contribution >= 0.6 is 34.8 Å². The van der Waals surface area contributed by atoms with Crippen LogP contribution in [0.4, 0.5) is 10.2 Å². The number of anilines is 1. The van der Waals surface area contributed by atoms with Crippen LogP contribution in [0.3, 0.4) is 0 Å². The number of nitrogens with one attached hydrogen (secondary N) is 10. The van der Waals surface area contributed by atoms with Crippen LogP contribution in [0.5, 0.6) is 46.0 Å². The molecule has 7 aromatic rings. The molecule has 7 aliphatic rings. The van der Waals surface area contributed by atoms with Crippen LogP contribution in [-0.4, -0.2) is 215 Å². The first kappa shape index (κ1) is 91.7. The normalized spacial score (nSPS) is 26.1. The number of ether oxygens (including phenoxy) is 6. The zero-order valence-electron chi connectivity index (χ0n) is 66.7. The van der Waals surface area contributed by atoms with Crippen LogP contribution in [0, 0.1) is 11.7 Å². The molecule has 39 nitrogen and oxygen atoms in total. The number of aromatic nitrogens is 2. The number of hydrogen-bond acceptors (Lipinski definition) is 29. The lowest BCUT2D eigenvalue weighted by atomic mass is 9.85. The van der Waals surface area contributed by atoms with Crippen molar-refractivity contribution in [3.05, 3.63) is 174 Å². The molecule has 9 amide bonds. The third-order valence-corrected chi connectivity index (χ3v) is 22.2. The topological polar surface area (TPSA) is 582 Å². The monoisotopic (exact) mass is 1780 g/mol. The highest BCUT2D eigenvalue weighted by molar-refractivity contribution is 6.32. The van der Waals surface area contributed by atoms with Crippen LogP contribution in [0.2, 0.25) is 15.1 Å². The number of hydroxylamine groups is 1. The van der Waals surface area contributed by atoms with E-state index in [2.05, 4.69) is 58.3 Å². The molecule has 18 atom stereocenters. The van der Waals surface area contributed by atoms with Gasteiger partial charge in [-0.25, -0.2) is 14.7 Å². The lowest BCUT2D eigenvalue weighted by molar-refractivity contribution is -0.334. The molecule has 0 spiro atoms. The molecule has 2 fully saturated rings. The summed E-state index contributed by atoms with van der Waals surface area (Å²) in [7, 11) is 2.49. The molecule has 124 heavy (non-hydrogen) atoms. The number of halogens is 4. The van der Waals surface area contributed by atoms with Gasteiger partial charge >= 0.3 is 5.69 Å². The summed E-state index contributed by atoms with van der Waals surface area (Å²) >= 11 is 20.1. The van der Waals surface area contributed by atoms with Gasteiger partial charge in [-0.15, -0.1) is 0 Å². The van der Waals surface area contributed by atoms with Crippen LogP contribution in [-0.2, 0) is 75.2 Å². The van der Waals surface area contributed by atoms with E-state index in [1.807, 2.05) is 13.8 Å². The molecule has 18 unspecified atom stereocenters. The van der Waals surface area contributed by atoms with Gasteiger partial charge in [0, 0.05) is 48.4 Å².